The second-order valence-corrected chi connectivity index (χ2v) is 6.22. The van der Waals surface area contributed by atoms with Crippen LogP contribution in [0.3, 0.4) is 0 Å². The normalized spacial score (nSPS) is 19.7. The van der Waals surface area contributed by atoms with E-state index in [1.54, 1.807) is 0 Å². The molecule has 1 N–H and O–H groups in total. The van der Waals surface area contributed by atoms with Gasteiger partial charge in [0.25, 0.3) is 0 Å². The minimum atomic E-state index is 0.0498. The highest BCUT2D eigenvalue weighted by Crippen LogP contribution is 2.31. The minimum absolute atomic E-state index is 0.0498. The van der Waals surface area contributed by atoms with Crippen LogP contribution in [0.4, 0.5) is 0 Å². The summed E-state index contributed by atoms with van der Waals surface area (Å²) >= 11 is 0. The van der Waals surface area contributed by atoms with Crippen molar-refractivity contribution in [3.8, 4) is 11.5 Å². The molecular weight excluding hydrogens is 292 g/mol. The molecule has 0 amide bonds. The third-order valence-corrected chi connectivity index (χ3v) is 4.24. The lowest BCUT2D eigenvalue weighted by atomic mass is 10.2. The maximum absolute atomic E-state index is 6.02. The molecule has 1 aromatic carbocycles. The van der Waals surface area contributed by atoms with Gasteiger partial charge in [0.15, 0.2) is 11.5 Å². The van der Waals surface area contributed by atoms with Gasteiger partial charge in [0, 0.05) is 26.2 Å². The van der Waals surface area contributed by atoms with Crippen molar-refractivity contribution in [2.75, 3.05) is 26.7 Å². The van der Waals surface area contributed by atoms with Gasteiger partial charge in [-0.15, -0.1) is 0 Å². The van der Waals surface area contributed by atoms with Gasteiger partial charge in [-0.1, -0.05) is 12.1 Å². The summed E-state index contributed by atoms with van der Waals surface area (Å²) in [5, 5.41) is 8.05. The predicted molar refractivity (Wildman–Crippen MR) is 86.6 cm³/mol. The smallest absolute Gasteiger partial charge is 0.161 e. The summed E-state index contributed by atoms with van der Waals surface area (Å²) in [5.74, 6) is 1.67. The Hall–Kier alpha value is -2.05. The van der Waals surface area contributed by atoms with Gasteiger partial charge in [-0.05, 0) is 25.2 Å². The Morgan fingerprint density at radius 3 is 3.09 bits per heavy atom. The van der Waals surface area contributed by atoms with Gasteiger partial charge in [-0.25, -0.2) is 0 Å². The molecule has 2 aromatic rings. The van der Waals surface area contributed by atoms with E-state index in [4.69, 9.17) is 9.47 Å². The minimum Gasteiger partial charge on any atom is -0.486 e. The van der Waals surface area contributed by atoms with E-state index < -0.39 is 0 Å². The highest BCUT2D eigenvalue weighted by atomic mass is 16.6. The van der Waals surface area contributed by atoms with Gasteiger partial charge < -0.3 is 14.8 Å². The average molecular weight is 314 g/mol. The van der Waals surface area contributed by atoms with Crippen molar-refractivity contribution in [3.63, 3.8) is 0 Å². The van der Waals surface area contributed by atoms with Crippen molar-refractivity contribution in [2.24, 2.45) is 0 Å². The van der Waals surface area contributed by atoms with E-state index in [0.717, 1.165) is 49.9 Å². The van der Waals surface area contributed by atoms with Crippen LogP contribution in [0, 0.1) is 0 Å². The number of nitrogens with one attached hydrogen (secondary N) is 1. The molecule has 1 atom stereocenters. The Morgan fingerprint density at radius 1 is 1.35 bits per heavy atom. The van der Waals surface area contributed by atoms with Crippen molar-refractivity contribution in [2.45, 2.75) is 25.7 Å². The molecule has 0 radical (unpaired) electrons. The molecule has 0 aliphatic carbocycles. The zero-order valence-electron chi connectivity index (χ0n) is 13.4. The molecule has 122 valence electrons. The molecule has 4 rings (SSSR count). The van der Waals surface area contributed by atoms with E-state index in [9.17, 15) is 0 Å². The van der Waals surface area contributed by atoms with Crippen molar-refractivity contribution < 1.29 is 9.47 Å². The zero-order chi connectivity index (χ0) is 15.6. The summed E-state index contributed by atoms with van der Waals surface area (Å²) in [7, 11) is 2.10. The average Bonchev–Trinajstić information content (AvgIpc) is 2.96. The Balaban J connectivity index is 1.35. The Kier molecular flexibility index (Phi) is 3.93. The molecular formula is C17H22N4O2. The lowest BCUT2D eigenvalue weighted by Crippen LogP contribution is -2.39. The summed E-state index contributed by atoms with van der Waals surface area (Å²) in [4.78, 5) is 2.24. The Bertz CT molecular complexity index is 661. The van der Waals surface area contributed by atoms with Gasteiger partial charge in [0.1, 0.15) is 12.7 Å². The number of rotatable bonds is 4. The van der Waals surface area contributed by atoms with E-state index in [1.165, 1.54) is 5.69 Å². The number of ether oxygens (including phenoxy) is 2. The Morgan fingerprint density at radius 2 is 2.22 bits per heavy atom. The summed E-state index contributed by atoms with van der Waals surface area (Å²) in [6, 6.07) is 10.0. The maximum atomic E-state index is 6.02. The molecule has 0 bridgehead atoms. The molecule has 2 aliphatic heterocycles. The second kappa shape index (κ2) is 6.22. The quantitative estimate of drug-likeness (QED) is 0.921. The van der Waals surface area contributed by atoms with Gasteiger partial charge in [0.2, 0.25) is 0 Å². The highest BCUT2D eigenvalue weighted by molar-refractivity contribution is 5.40. The molecule has 0 fully saturated rings. The van der Waals surface area contributed by atoms with Gasteiger partial charge in [-0.3, -0.25) is 9.58 Å². The fourth-order valence-electron chi connectivity index (χ4n) is 3.17. The highest BCUT2D eigenvalue weighted by Gasteiger charge is 2.22. The van der Waals surface area contributed by atoms with Crippen LogP contribution in [0.2, 0.25) is 0 Å². The maximum Gasteiger partial charge on any atom is 0.161 e. The zero-order valence-corrected chi connectivity index (χ0v) is 13.4. The fraction of sp³-hybridized carbons (Fsp3) is 0.471. The number of para-hydroxylation sites is 2. The van der Waals surface area contributed by atoms with Crippen LogP contribution in [0.25, 0.3) is 0 Å². The van der Waals surface area contributed by atoms with Gasteiger partial charge in [-0.2, -0.15) is 5.10 Å². The van der Waals surface area contributed by atoms with Crippen LogP contribution < -0.4 is 14.8 Å². The number of benzene rings is 1. The van der Waals surface area contributed by atoms with E-state index in [1.807, 2.05) is 24.3 Å². The van der Waals surface area contributed by atoms with Crippen molar-refractivity contribution in [3.05, 3.63) is 41.7 Å². The predicted octanol–water partition coefficient (Wildman–Crippen LogP) is 1.26. The summed E-state index contributed by atoms with van der Waals surface area (Å²) in [6.45, 7) is 5.08. The molecule has 0 saturated heterocycles. The summed E-state index contributed by atoms with van der Waals surface area (Å²) in [5.41, 5.74) is 2.38. The Labute approximate surface area is 136 Å². The summed E-state index contributed by atoms with van der Waals surface area (Å²) < 4.78 is 13.9. The van der Waals surface area contributed by atoms with Crippen LogP contribution in [-0.2, 0) is 19.6 Å². The molecule has 0 spiro atoms. The van der Waals surface area contributed by atoms with Gasteiger partial charge >= 0.3 is 0 Å². The fourth-order valence-corrected chi connectivity index (χ4v) is 3.17. The largest absolute Gasteiger partial charge is 0.486 e. The van der Waals surface area contributed by atoms with E-state index in [-0.39, 0.29) is 6.10 Å². The number of hydrogen-bond acceptors (Lipinski definition) is 5. The monoisotopic (exact) mass is 314 g/mol. The molecule has 0 saturated carbocycles. The first kappa shape index (κ1) is 14.5. The lowest BCUT2D eigenvalue weighted by Gasteiger charge is -2.29. The van der Waals surface area contributed by atoms with Crippen molar-refractivity contribution in [1.29, 1.82) is 0 Å². The van der Waals surface area contributed by atoms with Crippen LogP contribution in [0.5, 0.6) is 11.5 Å². The standard InChI is InChI=1S/C17H22N4O2/c1-20(10-13-8-14-9-18-6-7-21(14)19-13)11-15-12-22-16-4-2-3-5-17(16)23-15/h2-5,8,15,18H,6-7,9-12H2,1H3. The van der Waals surface area contributed by atoms with Crippen LogP contribution in [-0.4, -0.2) is 47.5 Å². The number of hydrogen-bond donors (Lipinski definition) is 1. The lowest BCUT2D eigenvalue weighted by molar-refractivity contribution is 0.0635. The first-order valence-corrected chi connectivity index (χ1v) is 8.11. The van der Waals surface area contributed by atoms with E-state index >= 15 is 0 Å². The van der Waals surface area contributed by atoms with Gasteiger partial charge in [0.05, 0.1) is 17.9 Å². The summed E-state index contributed by atoms with van der Waals surface area (Å²) in [6.07, 6.45) is 0.0498. The SMILES string of the molecule is CN(Cc1cc2n(n1)CCNC2)CC1COc2ccccc2O1. The van der Waals surface area contributed by atoms with Crippen LogP contribution in [0.1, 0.15) is 11.4 Å². The van der Waals surface area contributed by atoms with Crippen molar-refractivity contribution in [1.82, 2.24) is 20.0 Å². The van der Waals surface area contributed by atoms with E-state index in [0.29, 0.717) is 6.61 Å². The van der Waals surface area contributed by atoms with Crippen LogP contribution >= 0.6 is 0 Å². The molecule has 6 heteroatoms. The third-order valence-electron chi connectivity index (χ3n) is 4.24. The molecule has 1 aromatic heterocycles. The molecule has 23 heavy (non-hydrogen) atoms. The number of likely N-dealkylation sites (N-methyl/N-ethyl adjacent to an activating group) is 1. The first-order chi connectivity index (χ1) is 11.3. The third kappa shape index (κ3) is 3.18. The molecule has 2 aliphatic rings. The topological polar surface area (TPSA) is 51.6 Å². The number of fused-ring (bicyclic) bond motifs is 2. The van der Waals surface area contributed by atoms with Crippen LogP contribution in [0.15, 0.2) is 30.3 Å². The molecule has 1 unspecified atom stereocenters. The molecule has 6 nitrogen and oxygen atoms in total. The first-order valence-electron chi connectivity index (χ1n) is 8.11. The number of nitrogens with zero attached hydrogens (tertiary/aromatic N) is 3. The van der Waals surface area contributed by atoms with E-state index in [2.05, 4.69) is 33.1 Å². The molecule has 3 heterocycles. The second-order valence-electron chi connectivity index (χ2n) is 6.22. The van der Waals surface area contributed by atoms with Crippen molar-refractivity contribution >= 4 is 0 Å². The number of aromatic nitrogens is 2.